The van der Waals surface area contributed by atoms with Crippen LogP contribution >= 0.6 is 0 Å². The number of aliphatic imine (C=N–C) groups is 1. The second kappa shape index (κ2) is 13.3. The molecule has 170 valence electrons. The first-order valence-corrected chi connectivity index (χ1v) is 11.2. The molecular weight excluding hydrogens is 380 g/mol. The summed E-state index contributed by atoms with van der Waals surface area (Å²) in [4.78, 5) is 7.22. The number of nitrogens with one attached hydrogen (secondary N) is 2. The van der Waals surface area contributed by atoms with E-state index in [2.05, 4.69) is 36.3 Å². The summed E-state index contributed by atoms with van der Waals surface area (Å²) in [6, 6.07) is 8.11. The Labute approximate surface area is 182 Å². The average Bonchev–Trinajstić information content (AvgIpc) is 2.73. The smallest absolute Gasteiger partial charge is 0.191 e. The minimum absolute atomic E-state index is 0.0321. The predicted molar refractivity (Wildman–Crippen MR) is 123 cm³/mol. The zero-order valence-electron chi connectivity index (χ0n) is 19.3. The predicted octanol–water partition coefficient (Wildman–Crippen LogP) is 2.91. The summed E-state index contributed by atoms with van der Waals surface area (Å²) < 4.78 is 16.9. The molecule has 1 aromatic carbocycles. The number of methoxy groups -OCH3 is 1. The Hall–Kier alpha value is -1.99. The van der Waals surface area contributed by atoms with Gasteiger partial charge in [0.2, 0.25) is 0 Å². The number of ether oxygens (including phenoxy) is 3. The van der Waals surface area contributed by atoms with Gasteiger partial charge in [0.1, 0.15) is 17.6 Å². The van der Waals surface area contributed by atoms with E-state index < -0.39 is 0 Å². The lowest BCUT2D eigenvalue weighted by Crippen LogP contribution is -2.49. The van der Waals surface area contributed by atoms with E-state index in [4.69, 9.17) is 19.2 Å². The summed E-state index contributed by atoms with van der Waals surface area (Å²) in [5.41, 5.74) is 0. The van der Waals surface area contributed by atoms with E-state index in [0.29, 0.717) is 18.7 Å². The van der Waals surface area contributed by atoms with E-state index in [1.807, 2.05) is 31.2 Å². The van der Waals surface area contributed by atoms with E-state index in [1.54, 1.807) is 7.11 Å². The zero-order valence-corrected chi connectivity index (χ0v) is 19.3. The molecule has 1 aliphatic heterocycles. The van der Waals surface area contributed by atoms with Gasteiger partial charge in [0.25, 0.3) is 0 Å². The Morgan fingerprint density at radius 3 is 2.60 bits per heavy atom. The summed E-state index contributed by atoms with van der Waals surface area (Å²) in [5.74, 6) is 2.45. The number of likely N-dealkylation sites (tertiary alicyclic amines) is 1. The summed E-state index contributed by atoms with van der Waals surface area (Å²) in [7, 11) is 1.66. The van der Waals surface area contributed by atoms with Gasteiger partial charge in [0, 0.05) is 38.3 Å². The molecule has 0 aromatic heterocycles. The maximum atomic E-state index is 5.98. The van der Waals surface area contributed by atoms with Gasteiger partial charge in [-0.1, -0.05) is 6.07 Å². The number of guanidine groups is 1. The molecule has 30 heavy (non-hydrogen) atoms. The van der Waals surface area contributed by atoms with Gasteiger partial charge in [-0.25, -0.2) is 4.99 Å². The Kier molecular flexibility index (Phi) is 10.8. The fourth-order valence-electron chi connectivity index (χ4n) is 3.40. The molecule has 1 atom stereocenters. The first kappa shape index (κ1) is 24.3. The highest BCUT2D eigenvalue weighted by Gasteiger charge is 2.20. The summed E-state index contributed by atoms with van der Waals surface area (Å²) >= 11 is 0. The highest BCUT2D eigenvalue weighted by molar-refractivity contribution is 5.80. The fraction of sp³-hybridized carbons (Fsp3) is 0.696. The van der Waals surface area contributed by atoms with Gasteiger partial charge in [-0.15, -0.1) is 0 Å². The Bertz CT molecular complexity index is 631. The van der Waals surface area contributed by atoms with E-state index >= 15 is 0 Å². The van der Waals surface area contributed by atoms with Gasteiger partial charge in [0.15, 0.2) is 5.96 Å². The van der Waals surface area contributed by atoms with Gasteiger partial charge in [0.05, 0.1) is 26.4 Å². The SMILES string of the molecule is CCNC(=NCC(C)Oc1cccc(OC)c1)NC1CCN(CCOC(C)C)CC1. The van der Waals surface area contributed by atoms with Gasteiger partial charge >= 0.3 is 0 Å². The van der Waals surface area contributed by atoms with Crippen LogP contribution in [0.25, 0.3) is 0 Å². The lowest BCUT2D eigenvalue weighted by atomic mass is 10.1. The number of piperidine rings is 1. The molecule has 7 nitrogen and oxygen atoms in total. The Balaban J connectivity index is 1.77. The minimum Gasteiger partial charge on any atom is -0.497 e. The van der Waals surface area contributed by atoms with Crippen molar-refractivity contribution < 1.29 is 14.2 Å². The Morgan fingerprint density at radius 2 is 1.93 bits per heavy atom. The van der Waals surface area contributed by atoms with E-state index in [1.165, 1.54) is 0 Å². The van der Waals surface area contributed by atoms with Gasteiger partial charge < -0.3 is 29.7 Å². The molecule has 1 fully saturated rings. The quantitative estimate of drug-likeness (QED) is 0.424. The maximum absolute atomic E-state index is 5.98. The molecule has 1 saturated heterocycles. The van der Waals surface area contributed by atoms with E-state index in [9.17, 15) is 0 Å². The van der Waals surface area contributed by atoms with Crippen molar-refractivity contribution in [2.45, 2.75) is 58.8 Å². The molecule has 7 heteroatoms. The molecule has 1 unspecified atom stereocenters. The lowest BCUT2D eigenvalue weighted by Gasteiger charge is -2.33. The average molecular weight is 421 g/mol. The monoisotopic (exact) mass is 420 g/mol. The van der Waals surface area contributed by atoms with Crippen molar-refractivity contribution in [2.24, 2.45) is 4.99 Å². The van der Waals surface area contributed by atoms with Crippen LogP contribution in [0, 0.1) is 0 Å². The number of hydrogen-bond donors (Lipinski definition) is 2. The number of hydrogen-bond acceptors (Lipinski definition) is 5. The molecule has 0 radical (unpaired) electrons. The molecule has 0 bridgehead atoms. The van der Waals surface area contributed by atoms with Crippen molar-refractivity contribution in [1.82, 2.24) is 15.5 Å². The number of nitrogens with zero attached hydrogens (tertiary/aromatic N) is 2. The molecule has 2 rings (SSSR count). The summed E-state index contributed by atoms with van der Waals surface area (Å²) in [6.07, 6.45) is 2.50. The molecule has 2 N–H and O–H groups in total. The van der Waals surface area contributed by atoms with Crippen molar-refractivity contribution in [2.75, 3.05) is 46.4 Å². The van der Waals surface area contributed by atoms with Crippen molar-refractivity contribution in [1.29, 1.82) is 0 Å². The van der Waals surface area contributed by atoms with Gasteiger partial charge in [-0.05, 0) is 52.7 Å². The highest BCUT2D eigenvalue weighted by Crippen LogP contribution is 2.20. The van der Waals surface area contributed by atoms with Crippen LogP contribution in [0.1, 0.15) is 40.5 Å². The largest absolute Gasteiger partial charge is 0.497 e. The lowest BCUT2D eigenvalue weighted by molar-refractivity contribution is 0.0532. The third kappa shape index (κ3) is 9.22. The topological polar surface area (TPSA) is 67.4 Å². The second-order valence-electron chi connectivity index (χ2n) is 8.01. The number of benzene rings is 1. The van der Waals surface area contributed by atoms with Crippen LogP contribution < -0.4 is 20.1 Å². The van der Waals surface area contributed by atoms with Crippen LogP contribution in [0.3, 0.4) is 0 Å². The molecular formula is C23H40N4O3. The maximum Gasteiger partial charge on any atom is 0.191 e. The van der Waals surface area contributed by atoms with Crippen molar-refractivity contribution >= 4 is 5.96 Å². The van der Waals surface area contributed by atoms with Crippen LogP contribution in [-0.2, 0) is 4.74 Å². The van der Waals surface area contributed by atoms with Crippen LogP contribution in [0.2, 0.25) is 0 Å². The first-order chi connectivity index (χ1) is 14.5. The molecule has 1 aromatic rings. The van der Waals surface area contributed by atoms with E-state index in [-0.39, 0.29) is 6.10 Å². The molecule has 0 spiro atoms. The van der Waals surface area contributed by atoms with Crippen LogP contribution in [0.4, 0.5) is 0 Å². The molecule has 1 aliphatic rings. The van der Waals surface area contributed by atoms with Crippen LogP contribution in [0.15, 0.2) is 29.3 Å². The normalized spacial score (nSPS) is 17.1. The van der Waals surface area contributed by atoms with Crippen LogP contribution in [0.5, 0.6) is 11.5 Å². The summed E-state index contributed by atoms with van der Waals surface area (Å²) in [6.45, 7) is 13.7. The first-order valence-electron chi connectivity index (χ1n) is 11.2. The summed E-state index contributed by atoms with van der Waals surface area (Å²) in [5, 5.41) is 6.95. The second-order valence-corrected chi connectivity index (χ2v) is 8.01. The van der Waals surface area contributed by atoms with Crippen molar-refractivity contribution in [3.05, 3.63) is 24.3 Å². The third-order valence-electron chi connectivity index (χ3n) is 5.02. The van der Waals surface area contributed by atoms with Crippen molar-refractivity contribution in [3.63, 3.8) is 0 Å². The standard InChI is InChI=1S/C23H40N4O3/c1-6-24-23(25-17-19(4)30-22-9-7-8-21(16-22)28-5)26-20-10-12-27(13-11-20)14-15-29-18(2)3/h7-9,16,18-20H,6,10-15,17H2,1-5H3,(H2,24,25,26). The molecule has 1 heterocycles. The molecule has 0 saturated carbocycles. The highest BCUT2D eigenvalue weighted by atomic mass is 16.5. The Morgan fingerprint density at radius 1 is 1.20 bits per heavy atom. The number of rotatable bonds is 11. The van der Waals surface area contributed by atoms with Crippen molar-refractivity contribution in [3.8, 4) is 11.5 Å². The third-order valence-corrected chi connectivity index (χ3v) is 5.02. The molecule has 0 aliphatic carbocycles. The fourth-order valence-corrected chi connectivity index (χ4v) is 3.40. The zero-order chi connectivity index (χ0) is 21.8. The van der Waals surface area contributed by atoms with E-state index in [0.717, 1.165) is 63.1 Å². The van der Waals surface area contributed by atoms with Crippen LogP contribution in [-0.4, -0.2) is 75.5 Å². The molecule has 0 amide bonds. The van der Waals surface area contributed by atoms with Gasteiger partial charge in [-0.2, -0.15) is 0 Å². The van der Waals surface area contributed by atoms with Gasteiger partial charge in [-0.3, -0.25) is 0 Å². The minimum atomic E-state index is -0.0321.